The van der Waals surface area contributed by atoms with Gasteiger partial charge in [0.15, 0.2) is 10.9 Å². The van der Waals surface area contributed by atoms with Gasteiger partial charge in [-0.2, -0.15) is 13.2 Å². The van der Waals surface area contributed by atoms with Gasteiger partial charge in [0.2, 0.25) is 0 Å². The number of hydrogen-bond donors (Lipinski definition) is 0. The third-order valence-corrected chi connectivity index (χ3v) is 4.45. The lowest BCUT2D eigenvalue weighted by Gasteiger charge is -2.34. The lowest BCUT2D eigenvalue weighted by Crippen LogP contribution is -2.48. The first-order valence-electron chi connectivity index (χ1n) is 6.56. The lowest BCUT2D eigenvalue weighted by molar-refractivity contribution is -0.134. The maximum Gasteiger partial charge on any atom is 0.427 e. The quantitative estimate of drug-likeness (QED) is 0.849. The van der Waals surface area contributed by atoms with E-state index in [4.69, 9.17) is 4.42 Å². The van der Waals surface area contributed by atoms with Gasteiger partial charge in [0.1, 0.15) is 4.88 Å². The molecule has 0 aliphatic carbocycles. The summed E-state index contributed by atoms with van der Waals surface area (Å²) in [7, 11) is 0. The summed E-state index contributed by atoms with van der Waals surface area (Å²) in [6.07, 6.45) is -2.09. The van der Waals surface area contributed by atoms with E-state index in [2.05, 4.69) is 4.98 Å². The summed E-state index contributed by atoms with van der Waals surface area (Å²) < 4.78 is 42.8. The van der Waals surface area contributed by atoms with Gasteiger partial charge in [-0.05, 0) is 12.1 Å². The highest BCUT2D eigenvalue weighted by molar-refractivity contribution is 7.15. The molecule has 0 aromatic carbocycles. The first-order chi connectivity index (χ1) is 10.4. The van der Waals surface area contributed by atoms with Crippen LogP contribution >= 0.6 is 11.3 Å². The first-order valence-corrected chi connectivity index (χ1v) is 7.37. The minimum absolute atomic E-state index is 0.209. The molecule has 3 rings (SSSR count). The van der Waals surface area contributed by atoms with E-state index in [1.807, 2.05) is 0 Å². The van der Waals surface area contributed by atoms with E-state index >= 15 is 0 Å². The van der Waals surface area contributed by atoms with E-state index in [1.54, 1.807) is 21.9 Å². The molecular weight excluding hydrogens is 319 g/mol. The smallest absolute Gasteiger partial charge is 0.427 e. The second-order valence-electron chi connectivity index (χ2n) is 4.76. The third-order valence-electron chi connectivity index (χ3n) is 3.34. The number of amides is 1. The molecule has 0 N–H and O–H groups in total. The molecule has 0 atom stereocenters. The number of alkyl halides is 3. The monoisotopic (exact) mass is 331 g/mol. The molecule has 1 amide bonds. The van der Waals surface area contributed by atoms with E-state index in [0.29, 0.717) is 42.6 Å². The van der Waals surface area contributed by atoms with Crippen LogP contribution in [0.25, 0.3) is 0 Å². The predicted octanol–water partition coefficient (Wildman–Crippen LogP) is 2.72. The molecular formula is C13H12F3N3O2S. The minimum Gasteiger partial charge on any atom is -0.459 e. The number of piperazine rings is 1. The zero-order valence-corrected chi connectivity index (χ0v) is 12.2. The Hall–Kier alpha value is -2.03. The van der Waals surface area contributed by atoms with Crippen molar-refractivity contribution in [2.24, 2.45) is 0 Å². The fourth-order valence-corrected chi connectivity index (χ4v) is 3.03. The van der Waals surface area contributed by atoms with Gasteiger partial charge in [-0.1, -0.05) is 11.3 Å². The average molecular weight is 331 g/mol. The molecule has 0 radical (unpaired) electrons. The molecule has 2 aromatic rings. The van der Waals surface area contributed by atoms with Crippen LogP contribution in [-0.4, -0.2) is 42.0 Å². The average Bonchev–Trinajstić information content (AvgIpc) is 3.17. The van der Waals surface area contributed by atoms with Crippen molar-refractivity contribution in [2.45, 2.75) is 6.18 Å². The molecule has 118 valence electrons. The van der Waals surface area contributed by atoms with Crippen molar-refractivity contribution >= 4 is 22.4 Å². The van der Waals surface area contributed by atoms with E-state index in [9.17, 15) is 18.0 Å². The summed E-state index contributed by atoms with van der Waals surface area (Å²) in [5.74, 6) is 0.0572. The number of nitrogens with zero attached hydrogens (tertiary/aromatic N) is 3. The van der Waals surface area contributed by atoms with Gasteiger partial charge in [0.25, 0.3) is 5.91 Å². The van der Waals surface area contributed by atoms with Gasteiger partial charge in [-0.25, -0.2) is 4.98 Å². The van der Waals surface area contributed by atoms with Crippen LogP contribution in [0.15, 0.2) is 29.0 Å². The largest absolute Gasteiger partial charge is 0.459 e. The predicted molar refractivity (Wildman–Crippen MR) is 73.9 cm³/mol. The highest BCUT2D eigenvalue weighted by Crippen LogP contribution is 2.36. The van der Waals surface area contributed by atoms with Crippen molar-refractivity contribution in [3.63, 3.8) is 0 Å². The van der Waals surface area contributed by atoms with Gasteiger partial charge in [0, 0.05) is 26.2 Å². The van der Waals surface area contributed by atoms with Gasteiger partial charge in [-0.15, -0.1) is 0 Å². The van der Waals surface area contributed by atoms with E-state index in [0.717, 1.165) is 6.20 Å². The number of hydrogen-bond acceptors (Lipinski definition) is 5. The van der Waals surface area contributed by atoms with Crippen molar-refractivity contribution in [3.8, 4) is 0 Å². The highest BCUT2D eigenvalue weighted by atomic mass is 32.1. The maximum atomic E-state index is 12.6. The summed E-state index contributed by atoms with van der Waals surface area (Å²) in [5, 5.41) is 0.331. The van der Waals surface area contributed by atoms with Crippen molar-refractivity contribution in [1.29, 1.82) is 0 Å². The minimum atomic E-state index is -4.37. The Labute approximate surface area is 128 Å². The molecule has 9 heteroatoms. The van der Waals surface area contributed by atoms with Crippen LogP contribution in [0, 0.1) is 0 Å². The molecule has 1 fully saturated rings. The molecule has 22 heavy (non-hydrogen) atoms. The second-order valence-corrected chi connectivity index (χ2v) is 5.77. The number of carbonyl (C=O) groups excluding carboxylic acids is 1. The lowest BCUT2D eigenvalue weighted by atomic mass is 10.3. The Balaban J connectivity index is 1.62. The SMILES string of the molecule is O=C(c1ccco1)N1CCN(c2ncc(C(F)(F)F)s2)CC1. The van der Waals surface area contributed by atoms with Crippen LogP contribution in [0.2, 0.25) is 0 Å². The van der Waals surface area contributed by atoms with Crippen LogP contribution < -0.4 is 4.90 Å². The molecule has 5 nitrogen and oxygen atoms in total. The van der Waals surface area contributed by atoms with Gasteiger partial charge >= 0.3 is 6.18 Å². The van der Waals surface area contributed by atoms with E-state index in [-0.39, 0.29) is 11.7 Å². The van der Waals surface area contributed by atoms with E-state index in [1.165, 1.54) is 6.26 Å². The highest BCUT2D eigenvalue weighted by Gasteiger charge is 2.34. The van der Waals surface area contributed by atoms with E-state index < -0.39 is 11.1 Å². The number of aromatic nitrogens is 1. The number of rotatable bonds is 2. The normalized spacial score (nSPS) is 16.1. The Bertz CT molecular complexity index is 646. The molecule has 0 bridgehead atoms. The first kappa shape index (κ1) is 14.9. The standard InChI is InChI=1S/C13H12F3N3O2S/c14-13(15,16)10-8-17-12(22-10)19-5-3-18(4-6-19)11(20)9-2-1-7-21-9/h1-2,7-8H,3-6H2. The Morgan fingerprint density at radius 2 is 2.00 bits per heavy atom. The van der Waals surface area contributed by atoms with Crippen molar-refractivity contribution in [1.82, 2.24) is 9.88 Å². The number of anilines is 1. The fourth-order valence-electron chi connectivity index (χ4n) is 2.20. The molecule has 1 saturated heterocycles. The number of carbonyl (C=O) groups is 1. The topological polar surface area (TPSA) is 49.6 Å². The van der Waals surface area contributed by atoms with Gasteiger partial charge in [-0.3, -0.25) is 4.79 Å². The Morgan fingerprint density at radius 3 is 2.55 bits per heavy atom. The summed E-state index contributed by atoms with van der Waals surface area (Å²) in [6.45, 7) is 1.72. The van der Waals surface area contributed by atoms with Crippen LogP contribution in [-0.2, 0) is 6.18 Å². The zero-order valence-electron chi connectivity index (χ0n) is 11.3. The van der Waals surface area contributed by atoms with Crippen molar-refractivity contribution in [2.75, 3.05) is 31.1 Å². The van der Waals surface area contributed by atoms with Crippen LogP contribution in [0.1, 0.15) is 15.4 Å². The Morgan fingerprint density at radius 1 is 1.27 bits per heavy atom. The van der Waals surface area contributed by atoms with Crippen LogP contribution in [0.3, 0.4) is 0 Å². The summed E-state index contributed by atoms with van der Waals surface area (Å²) in [4.78, 5) is 18.6. The molecule has 0 spiro atoms. The number of halogens is 3. The van der Waals surface area contributed by atoms with Crippen LogP contribution in [0.5, 0.6) is 0 Å². The third kappa shape index (κ3) is 2.94. The summed E-state index contributed by atoms with van der Waals surface area (Å²) in [6, 6.07) is 3.23. The van der Waals surface area contributed by atoms with Crippen LogP contribution in [0.4, 0.5) is 18.3 Å². The number of thiazole rings is 1. The molecule has 3 heterocycles. The summed E-state index contributed by atoms with van der Waals surface area (Å²) >= 11 is 0.622. The maximum absolute atomic E-state index is 12.6. The molecule has 1 aliphatic rings. The Kier molecular flexibility index (Phi) is 3.81. The van der Waals surface area contributed by atoms with Gasteiger partial charge < -0.3 is 14.2 Å². The molecule has 1 aliphatic heterocycles. The molecule has 2 aromatic heterocycles. The van der Waals surface area contributed by atoms with Crippen molar-refractivity contribution < 1.29 is 22.4 Å². The van der Waals surface area contributed by atoms with Crippen molar-refractivity contribution in [3.05, 3.63) is 35.2 Å². The summed E-state index contributed by atoms with van der Waals surface area (Å²) in [5.41, 5.74) is 0. The fraction of sp³-hybridized carbons (Fsp3) is 0.385. The molecule has 0 unspecified atom stereocenters. The van der Waals surface area contributed by atoms with Gasteiger partial charge in [0.05, 0.1) is 12.5 Å². The number of furan rings is 1. The second kappa shape index (κ2) is 5.64. The zero-order chi connectivity index (χ0) is 15.7. The molecule has 0 saturated carbocycles.